The van der Waals surface area contributed by atoms with Crippen molar-refractivity contribution >= 4 is 23.1 Å². The van der Waals surface area contributed by atoms with Crippen molar-refractivity contribution in [2.75, 3.05) is 12.1 Å². The maximum atomic E-state index is 11.3. The molecule has 0 saturated carbocycles. The van der Waals surface area contributed by atoms with Crippen molar-refractivity contribution in [3.05, 3.63) is 18.1 Å². The van der Waals surface area contributed by atoms with E-state index in [4.69, 9.17) is 9.94 Å². The largest absolute Gasteiger partial charge is 0.394 e. The number of rotatable bonds is 4. The lowest BCUT2D eigenvalue weighted by atomic mass is 9.96. The molecule has 3 rings (SSSR count). The lowest BCUT2D eigenvalue weighted by Crippen LogP contribution is -2.44. The summed E-state index contributed by atoms with van der Waals surface area (Å²) in [4.78, 5) is 19.2. The zero-order chi connectivity index (χ0) is 16.8. The molecule has 1 saturated heterocycles. The van der Waals surface area contributed by atoms with Crippen molar-refractivity contribution in [1.29, 1.82) is 0 Å². The number of hydrogen-bond acceptors (Lipinski definition) is 9. The van der Waals surface area contributed by atoms with E-state index in [1.54, 1.807) is 0 Å². The summed E-state index contributed by atoms with van der Waals surface area (Å²) in [6.45, 7) is 0.878. The molecule has 0 spiro atoms. The van der Waals surface area contributed by atoms with E-state index in [-0.39, 0.29) is 22.4 Å². The van der Waals surface area contributed by atoms with E-state index in [0.717, 1.165) is 6.33 Å². The number of aliphatic hydroxyl groups excluding tert-OH is 2. The number of nitrogens with zero attached hydrogens (tertiary/aromatic N) is 3. The minimum Gasteiger partial charge on any atom is -0.394 e. The second kappa shape index (κ2) is 5.51. The molecule has 1 aliphatic rings. The molecule has 0 aliphatic carbocycles. The zero-order valence-corrected chi connectivity index (χ0v) is 12.1. The van der Waals surface area contributed by atoms with Crippen LogP contribution < -0.4 is 5.48 Å². The minimum atomic E-state index is -1.72. The van der Waals surface area contributed by atoms with Gasteiger partial charge in [0.25, 0.3) is 0 Å². The van der Waals surface area contributed by atoms with Gasteiger partial charge in [-0.3, -0.25) is 15.5 Å². The van der Waals surface area contributed by atoms with Gasteiger partial charge in [-0.2, -0.15) is 0 Å². The third-order valence-electron chi connectivity index (χ3n) is 4.06. The van der Waals surface area contributed by atoms with E-state index >= 15 is 0 Å². The van der Waals surface area contributed by atoms with Crippen LogP contribution in [0.1, 0.15) is 23.5 Å². The molecular weight excluding hydrogens is 308 g/mol. The number of carbonyl (C=O) groups is 1. The van der Waals surface area contributed by atoms with E-state index in [0.29, 0.717) is 6.29 Å². The molecule has 0 bridgehead atoms. The summed E-state index contributed by atoms with van der Waals surface area (Å²) >= 11 is 0. The highest BCUT2D eigenvalue weighted by Crippen LogP contribution is 2.40. The van der Waals surface area contributed by atoms with Crippen LogP contribution in [0.3, 0.4) is 0 Å². The summed E-state index contributed by atoms with van der Waals surface area (Å²) in [7, 11) is 0. The Bertz CT molecular complexity index is 745. The van der Waals surface area contributed by atoms with Crippen LogP contribution in [0.5, 0.6) is 0 Å². The fraction of sp³-hybridized carbons (Fsp3) is 0.462. The van der Waals surface area contributed by atoms with Crippen LogP contribution in [-0.4, -0.2) is 65.8 Å². The van der Waals surface area contributed by atoms with Gasteiger partial charge < -0.3 is 24.6 Å². The van der Waals surface area contributed by atoms with Gasteiger partial charge in [-0.05, 0) is 6.92 Å². The summed E-state index contributed by atoms with van der Waals surface area (Å²) in [6.07, 6.45) is -0.315. The minimum absolute atomic E-state index is 0.0211. The number of hydrogen-bond donors (Lipinski definition) is 5. The Hall–Kier alpha value is -2.11. The van der Waals surface area contributed by atoms with Gasteiger partial charge in [0.05, 0.1) is 12.0 Å². The normalized spacial score (nSPS) is 30.7. The summed E-state index contributed by atoms with van der Waals surface area (Å²) in [5, 5.41) is 39.3. The lowest BCUT2D eigenvalue weighted by Gasteiger charge is -2.27. The number of aromatic nitrogens is 3. The number of anilines is 1. The maximum absolute atomic E-state index is 11.3. The van der Waals surface area contributed by atoms with Crippen molar-refractivity contribution in [2.24, 2.45) is 0 Å². The Morgan fingerprint density at radius 1 is 1.52 bits per heavy atom. The Kier molecular flexibility index (Phi) is 3.78. The smallest absolute Gasteiger partial charge is 0.167 e. The second-order valence-electron chi connectivity index (χ2n) is 5.52. The summed E-state index contributed by atoms with van der Waals surface area (Å²) in [5.74, 6) is 0.0211. The first-order chi connectivity index (χ1) is 11.0. The highest BCUT2D eigenvalue weighted by atomic mass is 16.6. The molecule has 0 unspecified atom stereocenters. The second-order valence-corrected chi connectivity index (χ2v) is 5.52. The third kappa shape index (κ3) is 2.19. The quantitative estimate of drug-likeness (QED) is 0.354. The highest BCUT2D eigenvalue weighted by Gasteiger charge is 2.53. The number of ether oxygens (including phenoxy) is 1. The van der Waals surface area contributed by atoms with Crippen LogP contribution >= 0.6 is 0 Å². The monoisotopic (exact) mass is 324 g/mol. The molecule has 0 amide bonds. The first-order valence-corrected chi connectivity index (χ1v) is 6.83. The number of carbonyl (C=O) groups excluding carboxylic acids is 1. The van der Waals surface area contributed by atoms with Crippen LogP contribution in [0, 0.1) is 0 Å². The molecule has 10 heteroatoms. The molecule has 1 fully saturated rings. The predicted octanol–water partition coefficient (Wildman–Crippen LogP) is -0.954. The Morgan fingerprint density at radius 2 is 2.26 bits per heavy atom. The van der Waals surface area contributed by atoms with E-state index in [2.05, 4.69) is 9.97 Å². The molecule has 5 N–H and O–H groups in total. The molecule has 4 atom stereocenters. The van der Waals surface area contributed by atoms with E-state index in [9.17, 15) is 20.1 Å². The fourth-order valence-electron chi connectivity index (χ4n) is 2.86. The van der Waals surface area contributed by atoms with Crippen LogP contribution in [0.2, 0.25) is 0 Å². The zero-order valence-electron chi connectivity index (χ0n) is 12.1. The number of fused-ring (bicyclic) bond motifs is 1. The number of aliphatic hydroxyl groups is 3. The Morgan fingerprint density at radius 3 is 2.83 bits per heavy atom. The summed E-state index contributed by atoms with van der Waals surface area (Å²) < 4.78 is 6.88. The van der Waals surface area contributed by atoms with Crippen LogP contribution in [0.25, 0.3) is 11.0 Å². The SMILES string of the molecule is C[C@@]1(O)[C@H](O)[C@@H](CO)O[C@H]1n1cc(C=O)c2c(NO)ncnc21. The predicted molar refractivity (Wildman–Crippen MR) is 76.0 cm³/mol. The van der Waals surface area contributed by atoms with Gasteiger partial charge in [0.2, 0.25) is 0 Å². The Balaban J connectivity index is 2.19. The summed E-state index contributed by atoms with van der Waals surface area (Å²) in [6, 6.07) is 0. The first-order valence-electron chi connectivity index (χ1n) is 6.83. The van der Waals surface area contributed by atoms with Gasteiger partial charge in [0.1, 0.15) is 29.8 Å². The first kappa shape index (κ1) is 15.8. The van der Waals surface area contributed by atoms with Crippen molar-refractivity contribution in [3.8, 4) is 0 Å². The van der Waals surface area contributed by atoms with Gasteiger partial charge in [0.15, 0.2) is 18.3 Å². The third-order valence-corrected chi connectivity index (χ3v) is 4.06. The van der Waals surface area contributed by atoms with Gasteiger partial charge >= 0.3 is 0 Å². The highest BCUT2D eigenvalue weighted by molar-refractivity contribution is 6.01. The van der Waals surface area contributed by atoms with Gasteiger partial charge in [-0.25, -0.2) is 9.97 Å². The standard InChI is InChI=1S/C13H16N4O6/c1-13(21)9(20)7(4-19)23-12(13)17-2-6(3-18)8-10(16-22)14-5-15-11(8)17/h2-3,5,7,9,12,19-22H,4H2,1H3,(H,14,15,16)/t7-,9-,12-,13-/m1/s1. The van der Waals surface area contributed by atoms with Crippen molar-refractivity contribution in [2.45, 2.75) is 31.0 Å². The molecule has 10 nitrogen and oxygen atoms in total. The molecule has 1 aliphatic heterocycles. The van der Waals surface area contributed by atoms with E-state index in [1.807, 2.05) is 5.48 Å². The maximum Gasteiger partial charge on any atom is 0.167 e. The van der Waals surface area contributed by atoms with Gasteiger partial charge in [0, 0.05) is 11.8 Å². The molecule has 23 heavy (non-hydrogen) atoms. The topological polar surface area (TPSA) is 150 Å². The van der Waals surface area contributed by atoms with Crippen LogP contribution in [0.15, 0.2) is 12.5 Å². The lowest BCUT2D eigenvalue weighted by molar-refractivity contribution is -0.0948. The molecule has 0 aromatic carbocycles. The number of nitrogens with one attached hydrogen (secondary N) is 1. The van der Waals surface area contributed by atoms with Gasteiger partial charge in [-0.15, -0.1) is 0 Å². The number of aldehydes is 1. The van der Waals surface area contributed by atoms with Crippen LogP contribution in [-0.2, 0) is 4.74 Å². The molecule has 124 valence electrons. The van der Waals surface area contributed by atoms with Crippen LogP contribution in [0.4, 0.5) is 5.82 Å². The average molecular weight is 324 g/mol. The molecule has 3 heterocycles. The van der Waals surface area contributed by atoms with E-state index in [1.165, 1.54) is 17.7 Å². The fourth-order valence-corrected chi connectivity index (χ4v) is 2.86. The van der Waals surface area contributed by atoms with Crippen molar-refractivity contribution in [1.82, 2.24) is 14.5 Å². The average Bonchev–Trinajstić information content (AvgIpc) is 3.03. The van der Waals surface area contributed by atoms with Crippen molar-refractivity contribution in [3.63, 3.8) is 0 Å². The van der Waals surface area contributed by atoms with E-state index < -0.39 is 30.6 Å². The summed E-state index contributed by atoms with van der Waals surface area (Å²) in [5.41, 5.74) is 0.540. The molecule has 0 radical (unpaired) electrons. The molecule has 2 aromatic rings. The van der Waals surface area contributed by atoms with Crippen molar-refractivity contribution < 1.29 is 30.1 Å². The Labute approximate surface area is 129 Å². The van der Waals surface area contributed by atoms with Gasteiger partial charge in [-0.1, -0.05) is 0 Å². The molecular formula is C13H16N4O6. The molecule has 2 aromatic heterocycles.